The molecule has 0 saturated carbocycles. The maximum Gasteiger partial charge on any atom is 0.498 e. The molecule has 1 aromatic heterocycles. The van der Waals surface area contributed by atoms with Crippen LogP contribution in [-0.4, -0.2) is 80.9 Å². The predicted molar refractivity (Wildman–Crippen MR) is 111 cm³/mol. The van der Waals surface area contributed by atoms with Gasteiger partial charge < -0.3 is 24.4 Å². The van der Waals surface area contributed by atoms with Crippen LogP contribution >= 0.6 is 11.8 Å². The molecular formula is C19H30BN3O5S. The highest BCUT2D eigenvalue weighted by Crippen LogP contribution is 2.36. The normalized spacial score (nSPS) is 22.7. The van der Waals surface area contributed by atoms with Crippen molar-refractivity contribution in [3.63, 3.8) is 0 Å². The minimum absolute atomic E-state index is 0.389. The van der Waals surface area contributed by atoms with Crippen molar-refractivity contribution in [3.8, 4) is 0 Å². The molecule has 8 nitrogen and oxygen atoms in total. The van der Waals surface area contributed by atoms with Crippen LogP contribution in [0.2, 0.25) is 0 Å². The van der Waals surface area contributed by atoms with Crippen LogP contribution in [0.25, 0.3) is 0 Å². The van der Waals surface area contributed by atoms with Gasteiger partial charge in [0.05, 0.1) is 17.8 Å². The molecule has 2 aliphatic heterocycles. The third kappa shape index (κ3) is 5.11. The summed E-state index contributed by atoms with van der Waals surface area (Å²) >= 11 is 1.60. The van der Waals surface area contributed by atoms with Crippen LogP contribution in [0.1, 0.15) is 40.5 Å². The fourth-order valence-electron chi connectivity index (χ4n) is 3.30. The molecule has 1 aromatic rings. The first kappa shape index (κ1) is 22.5. The van der Waals surface area contributed by atoms with Gasteiger partial charge in [0.1, 0.15) is 0 Å². The standard InChI is InChI=1S/C19H30BN3O5S/c1-18(2)19(3,4)28-20(27-18)14-9-21-17(22-10-14)29-12-13-5-7-23(8-6-13)16(26)15(25)11-24/h9-10,13,15,24-25H,5-8,11-12H2,1-4H3/t15-/m1/s1. The van der Waals surface area contributed by atoms with E-state index in [1.54, 1.807) is 29.1 Å². The van der Waals surface area contributed by atoms with E-state index in [4.69, 9.17) is 14.4 Å². The van der Waals surface area contributed by atoms with Crippen molar-refractivity contribution < 1.29 is 24.3 Å². The SMILES string of the molecule is CC1(C)OB(c2cnc(SCC3CCN(C(=O)[C@H](O)CO)CC3)nc2)OC1(C)C. The van der Waals surface area contributed by atoms with Gasteiger partial charge in [0.15, 0.2) is 11.3 Å². The van der Waals surface area contributed by atoms with E-state index in [1.165, 1.54) is 0 Å². The molecule has 0 aliphatic carbocycles. The Labute approximate surface area is 176 Å². The van der Waals surface area contributed by atoms with Crippen LogP contribution in [0.5, 0.6) is 0 Å². The lowest BCUT2D eigenvalue weighted by Gasteiger charge is -2.32. The summed E-state index contributed by atoms with van der Waals surface area (Å²) < 4.78 is 12.0. The molecule has 29 heavy (non-hydrogen) atoms. The number of thioether (sulfide) groups is 1. The zero-order valence-corrected chi connectivity index (χ0v) is 18.3. The van der Waals surface area contributed by atoms with Crippen molar-refractivity contribution in [2.24, 2.45) is 5.92 Å². The smallest absolute Gasteiger partial charge is 0.399 e. The van der Waals surface area contributed by atoms with Crippen molar-refractivity contribution in [2.75, 3.05) is 25.4 Å². The van der Waals surface area contributed by atoms with E-state index in [0.29, 0.717) is 24.2 Å². The molecule has 2 N–H and O–H groups in total. The van der Waals surface area contributed by atoms with Crippen molar-refractivity contribution in [3.05, 3.63) is 12.4 Å². The predicted octanol–water partition coefficient (Wildman–Crippen LogP) is 0.460. The van der Waals surface area contributed by atoms with Crippen LogP contribution in [0.3, 0.4) is 0 Å². The Morgan fingerprint density at radius 3 is 2.31 bits per heavy atom. The Morgan fingerprint density at radius 1 is 1.24 bits per heavy atom. The lowest BCUT2D eigenvalue weighted by Crippen LogP contribution is -2.45. The van der Waals surface area contributed by atoms with Gasteiger partial charge in [-0.25, -0.2) is 9.97 Å². The number of likely N-dealkylation sites (tertiary alicyclic amines) is 1. The topological polar surface area (TPSA) is 105 Å². The quantitative estimate of drug-likeness (QED) is 0.386. The summed E-state index contributed by atoms with van der Waals surface area (Å²) in [6.07, 6.45) is 3.94. The van der Waals surface area contributed by atoms with Crippen LogP contribution in [0.4, 0.5) is 0 Å². The van der Waals surface area contributed by atoms with Gasteiger partial charge in [-0.15, -0.1) is 0 Å². The second kappa shape index (κ2) is 8.89. The van der Waals surface area contributed by atoms with Crippen LogP contribution in [-0.2, 0) is 14.1 Å². The highest BCUT2D eigenvalue weighted by molar-refractivity contribution is 7.99. The number of aliphatic hydroxyl groups is 2. The molecule has 0 spiro atoms. The Bertz CT molecular complexity index is 694. The maximum atomic E-state index is 11.9. The molecule has 0 bridgehead atoms. The zero-order valence-electron chi connectivity index (χ0n) is 17.5. The first-order valence-corrected chi connectivity index (χ1v) is 11.0. The number of piperidine rings is 1. The number of aromatic nitrogens is 2. The second-order valence-corrected chi connectivity index (χ2v) is 9.65. The Kier molecular flexibility index (Phi) is 6.90. The van der Waals surface area contributed by atoms with Gasteiger partial charge in [0, 0.05) is 36.7 Å². The molecule has 0 radical (unpaired) electrons. The van der Waals surface area contributed by atoms with Gasteiger partial charge in [0.2, 0.25) is 0 Å². The van der Waals surface area contributed by atoms with E-state index in [-0.39, 0.29) is 5.91 Å². The molecular weight excluding hydrogens is 393 g/mol. The van der Waals surface area contributed by atoms with Gasteiger partial charge in [0.25, 0.3) is 5.91 Å². The molecule has 3 heterocycles. The molecule has 10 heteroatoms. The monoisotopic (exact) mass is 423 g/mol. The van der Waals surface area contributed by atoms with Gasteiger partial charge in [-0.1, -0.05) is 11.8 Å². The minimum Gasteiger partial charge on any atom is -0.399 e. The fourth-order valence-corrected chi connectivity index (χ4v) is 4.28. The van der Waals surface area contributed by atoms with Gasteiger partial charge in [-0.3, -0.25) is 4.79 Å². The van der Waals surface area contributed by atoms with E-state index < -0.39 is 31.0 Å². The van der Waals surface area contributed by atoms with E-state index in [1.807, 2.05) is 27.7 Å². The first-order valence-electron chi connectivity index (χ1n) is 10.0. The molecule has 0 unspecified atom stereocenters. The average Bonchev–Trinajstić information content (AvgIpc) is 2.93. The Balaban J connectivity index is 1.46. The molecule has 2 fully saturated rings. The number of nitrogens with zero attached hydrogens (tertiary/aromatic N) is 3. The van der Waals surface area contributed by atoms with Crippen LogP contribution in [0.15, 0.2) is 17.6 Å². The highest BCUT2D eigenvalue weighted by Gasteiger charge is 2.51. The van der Waals surface area contributed by atoms with Crippen molar-refractivity contribution in [2.45, 2.75) is 63.0 Å². The minimum atomic E-state index is -1.31. The number of carbonyl (C=O) groups excluding carboxylic acids is 1. The molecule has 2 aliphatic rings. The Hall–Kier alpha value is -1.20. The molecule has 2 saturated heterocycles. The first-order chi connectivity index (χ1) is 13.6. The fraction of sp³-hybridized carbons (Fsp3) is 0.737. The zero-order chi connectivity index (χ0) is 21.2. The van der Waals surface area contributed by atoms with Crippen LogP contribution in [0, 0.1) is 5.92 Å². The van der Waals surface area contributed by atoms with Gasteiger partial charge in [-0.2, -0.15) is 0 Å². The summed E-state index contributed by atoms with van der Waals surface area (Å²) in [6, 6.07) is 0. The van der Waals surface area contributed by atoms with Crippen molar-refractivity contribution in [1.29, 1.82) is 0 Å². The third-order valence-electron chi connectivity index (χ3n) is 6.01. The summed E-state index contributed by atoms with van der Waals surface area (Å²) in [5.41, 5.74) is 0.0191. The van der Waals surface area contributed by atoms with Crippen molar-refractivity contribution in [1.82, 2.24) is 14.9 Å². The molecule has 160 valence electrons. The summed E-state index contributed by atoms with van der Waals surface area (Å²) in [4.78, 5) is 22.4. The summed E-state index contributed by atoms with van der Waals surface area (Å²) in [6.45, 7) is 8.73. The van der Waals surface area contributed by atoms with Gasteiger partial charge >= 0.3 is 7.12 Å². The molecule has 3 rings (SSSR count). The van der Waals surface area contributed by atoms with Crippen molar-refractivity contribution >= 4 is 30.3 Å². The largest absolute Gasteiger partial charge is 0.498 e. The van der Waals surface area contributed by atoms with E-state index >= 15 is 0 Å². The lowest BCUT2D eigenvalue weighted by atomic mass is 9.81. The maximum absolute atomic E-state index is 11.9. The summed E-state index contributed by atoms with van der Waals surface area (Å²) in [5.74, 6) is 0.947. The third-order valence-corrected chi connectivity index (χ3v) is 7.11. The van der Waals surface area contributed by atoms with E-state index in [0.717, 1.165) is 24.1 Å². The number of carbonyl (C=O) groups is 1. The van der Waals surface area contributed by atoms with E-state index in [2.05, 4.69) is 9.97 Å². The summed E-state index contributed by atoms with van der Waals surface area (Å²) in [5, 5.41) is 19.1. The molecule has 1 amide bonds. The number of aliphatic hydroxyl groups excluding tert-OH is 2. The number of hydrogen-bond acceptors (Lipinski definition) is 8. The molecule has 0 aromatic carbocycles. The van der Waals surface area contributed by atoms with Crippen LogP contribution < -0.4 is 5.46 Å². The number of amides is 1. The second-order valence-electron chi connectivity index (χ2n) is 8.67. The molecule has 1 atom stereocenters. The van der Waals surface area contributed by atoms with Gasteiger partial charge in [-0.05, 0) is 46.5 Å². The number of rotatable bonds is 6. The lowest BCUT2D eigenvalue weighted by molar-refractivity contribution is -0.143. The average molecular weight is 423 g/mol. The highest BCUT2D eigenvalue weighted by atomic mass is 32.2. The summed E-state index contributed by atoms with van der Waals surface area (Å²) in [7, 11) is -0.463. The Morgan fingerprint density at radius 2 is 1.79 bits per heavy atom. The van der Waals surface area contributed by atoms with E-state index in [9.17, 15) is 9.90 Å². The number of hydrogen-bond donors (Lipinski definition) is 2.